The minimum Gasteiger partial charge on any atom is -0.293 e. The monoisotopic (exact) mass is 314 g/mol. The van der Waals surface area contributed by atoms with Crippen molar-refractivity contribution in [3.8, 4) is 0 Å². The molecule has 0 bridgehead atoms. The zero-order valence-corrected chi connectivity index (χ0v) is 13.5. The summed E-state index contributed by atoms with van der Waals surface area (Å²) >= 11 is 0. The van der Waals surface area contributed by atoms with Crippen LogP contribution in [0.5, 0.6) is 0 Å². The number of hydrogen-bond acceptors (Lipinski definition) is 5. The maximum Gasteiger partial charge on any atom is 0.243 e. The maximum atomic E-state index is 12.4. The number of anilines is 1. The Morgan fingerprint density at radius 1 is 1.43 bits per heavy atom. The zero-order valence-electron chi connectivity index (χ0n) is 13.5. The Morgan fingerprint density at radius 2 is 2.22 bits per heavy atom. The Bertz CT molecular complexity index is 656. The first-order valence-electron chi connectivity index (χ1n) is 7.96. The molecule has 122 valence electrons. The first kappa shape index (κ1) is 15.6. The molecule has 0 aliphatic carbocycles. The zero-order chi connectivity index (χ0) is 16.2. The van der Waals surface area contributed by atoms with Gasteiger partial charge in [0.15, 0.2) is 0 Å². The summed E-state index contributed by atoms with van der Waals surface area (Å²) in [5.41, 5.74) is 1.15. The van der Waals surface area contributed by atoms with E-state index in [1.54, 1.807) is 18.5 Å². The van der Waals surface area contributed by atoms with Crippen molar-refractivity contribution < 1.29 is 4.79 Å². The number of nitrogens with one attached hydrogen (secondary N) is 1. The van der Waals surface area contributed by atoms with Crippen LogP contribution in [0.15, 0.2) is 30.9 Å². The lowest BCUT2D eigenvalue weighted by Crippen LogP contribution is -2.46. The van der Waals surface area contributed by atoms with E-state index in [9.17, 15) is 4.79 Å². The summed E-state index contributed by atoms with van der Waals surface area (Å²) in [4.78, 5) is 22.8. The Balaban J connectivity index is 1.63. The van der Waals surface area contributed by atoms with Crippen LogP contribution in [0.1, 0.15) is 25.3 Å². The fraction of sp³-hybridized carbons (Fsp3) is 0.500. The molecule has 0 spiro atoms. The summed E-state index contributed by atoms with van der Waals surface area (Å²) in [6, 6.07) is 1.83. The van der Waals surface area contributed by atoms with E-state index < -0.39 is 0 Å². The number of likely N-dealkylation sites (tertiary alicyclic amines) is 1. The average molecular weight is 314 g/mol. The SMILES string of the molecule is Cc1cnn(C[C@@H]2CCCN2[C@@H](C)C(=O)Nc2ncccn2)c1. The predicted molar refractivity (Wildman–Crippen MR) is 86.8 cm³/mol. The molecular formula is C16H22N6O. The van der Waals surface area contributed by atoms with Crippen molar-refractivity contribution in [3.63, 3.8) is 0 Å². The molecule has 3 rings (SSSR count). The fourth-order valence-corrected chi connectivity index (χ4v) is 3.08. The van der Waals surface area contributed by atoms with Crippen molar-refractivity contribution in [1.29, 1.82) is 0 Å². The van der Waals surface area contributed by atoms with Crippen molar-refractivity contribution in [1.82, 2.24) is 24.6 Å². The van der Waals surface area contributed by atoms with Gasteiger partial charge in [0.1, 0.15) is 0 Å². The van der Waals surface area contributed by atoms with E-state index in [1.807, 2.05) is 30.9 Å². The molecule has 23 heavy (non-hydrogen) atoms. The molecule has 1 N–H and O–H groups in total. The largest absolute Gasteiger partial charge is 0.293 e. The van der Waals surface area contributed by atoms with Crippen LogP contribution >= 0.6 is 0 Å². The first-order chi connectivity index (χ1) is 11.1. The molecule has 7 heteroatoms. The number of nitrogens with zero attached hydrogens (tertiary/aromatic N) is 5. The van der Waals surface area contributed by atoms with Gasteiger partial charge in [-0.2, -0.15) is 5.10 Å². The van der Waals surface area contributed by atoms with Gasteiger partial charge >= 0.3 is 0 Å². The molecule has 0 unspecified atom stereocenters. The number of rotatable bonds is 5. The highest BCUT2D eigenvalue weighted by atomic mass is 16.2. The molecule has 1 aliphatic heterocycles. The molecule has 7 nitrogen and oxygen atoms in total. The normalized spacial score (nSPS) is 19.7. The van der Waals surface area contributed by atoms with Crippen LogP contribution in [-0.2, 0) is 11.3 Å². The highest BCUT2D eigenvalue weighted by molar-refractivity contribution is 5.93. The number of carbonyl (C=O) groups excluding carboxylic acids is 1. The topological polar surface area (TPSA) is 75.9 Å². The molecule has 1 fully saturated rings. The summed E-state index contributed by atoms with van der Waals surface area (Å²) < 4.78 is 1.96. The second kappa shape index (κ2) is 6.87. The third-order valence-electron chi connectivity index (χ3n) is 4.26. The molecule has 3 heterocycles. The number of carbonyl (C=O) groups is 1. The number of aryl methyl sites for hydroxylation is 1. The van der Waals surface area contributed by atoms with Crippen LogP contribution < -0.4 is 5.32 Å². The molecule has 0 saturated carbocycles. The molecule has 2 atom stereocenters. The van der Waals surface area contributed by atoms with Crippen molar-refractivity contribution in [2.24, 2.45) is 0 Å². The molecule has 1 amide bonds. The van der Waals surface area contributed by atoms with E-state index in [4.69, 9.17) is 0 Å². The fourth-order valence-electron chi connectivity index (χ4n) is 3.08. The highest BCUT2D eigenvalue weighted by Gasteiger charge is 2.32. The van der Waals surface area contributed by atoms with Gasteiger partial charge in [-0.05, 0) is 44.9 Å². The Hall–Kier alpha value is -2.28. The van der Waals surface area contributed by atoms with E-state index in [0.29, 0.717) is 12.0 Å². The average Bonchev–Trinajstić information content (AvgIpc) is 3.17. The molecule has 2 aromatic rings. The van der Waals surface area contributed by atoms with Crippen molar-refractivity contribution in [2.45, 2.75) is 45.3 Å². The molecular weight excluding hydrogens is 292 g/mol. The summed E-state index contributed by atoms with van der Waals surface area (Å²) in [6.45, 7) is 5.71. The van der Waals surface area contributed by atoms with Gasteiger partial charge in [0.05, 0.1) is 18.8 Å². The third-order valence-corrected chi connectivity index (χ3v) is 4.26. The summed E-state index contributed by atoms with van der Waals surface area (Å²) in [5.74, 6) is 0.280. The highest BCUT2D eigenvalue weighted by Crippen LogP contribution is 2.22. The van der Waals surface area contributed by atoms with Crippen molar-refractivity contribution in [2.75, 3.05) is 11.9 Å². The van der Waals surface area contributed by atoms with Gasteiger partial charge in [-0.1, -0.05) is 0 Å². The minimum atomic E-state index is -0.219. The van der Waals surface area contributed by atoms with Crippen LogP contribution in [0, 0.1) is 6.92 Å². The lowest BCUT2D eigenvalue weighted by molar-refractivity contribution is -0.121. The second-order valence-corrected chi connectivity index (χ2v) is 6.01. The summed E-state index contributed by atoms with van der Waals surface area (Å²) in [7, 11) is 0. The van der Waals surface area contributed by atoms with E-state index >= 15 is 0 Å². The third kappa shape index (κ3) is 3.73. The van der Waals surface area contributed by atoms with E-state index in [2.05, 4.69) is 25.3 Å². The van der Waals surface area contributed by atoms with Gasteiger partial charge in [-0.3, -0.25) is 19.7 Å². The second-order valence-electron chi connectivity index (χ2n) is 6.01. The van der Waals surface area contributed by atoms with Gasteiger partial charge < -0.3 is 0 Å². The van der Waals surface area contributed by atoms with E-state index in [1.165, 1.54) is 0 Å². The Morgan fingerprint density at radius 3 is 2.91 bits per heavy atom. The van der Waals surface area contributed by atoms with Crippen molar-refractivity contribution >= 4 is 11.9 Å². The van der Waals surface area contributed by atoms with Gasteiger partial charge in [-0.15, -0.1) is 0 Å². The van der Waals surface area contributed by atoms with Crippen LogP contribution in [0.2, 0.25) is 0 Å². The smallest absolute Gasteiger partial charge is 0.243 e. The van der Waals surface area contributed by atoms with Crippen LogP contribution in [0.25, 0.3) is 0 Å². The van der Waals surface area contributed by atoms with E-state index in [0.717, 1.165) is 31.5 Å². The lowest BCUT2D eigenvalue weighted by atomic mass is 10.2. The lowest BCUT2D eigenvalue weighted by Gasteiger charge is -2.29. The van der Waals surface area contributed by atoms with Crippen LogP contribution in [0.4, 0.5) is 5.95 Å². The van der Waals surface area contributed by atoms with Crippen LogP contribution in [-0.4, -0.2) is 49.2 Å². The molecule has 2 aromatic heterocycles. The maximum absolute atomic E-state index is 12.4. The molecule has 1 aliphatic rings. The minimum absolute atomic E-state index is 0.0697. The van der Waals surface area contributed by atoms with Gasteiger partial charge in [0.2, 0.25) is 11.9 Å². The number of hydrogen-bond donors (Lipinski definition) is 1. The van der Waals surface area contributed by atoms with Gasteiger partial charge in [0, 0.05) is 24.6 Å². The summed E-state index contributed by atoms with van der Waals surface area (Å²) in [6.07, 6.45) is 9.32. The first-order valence-corrected chi connectivity index (χ1v) is 7.96. The molecule has 1 saturated heterocycles. The standard InChI is InChI=1S/C16H22N6O/c1-12-9-19-21(10-12)11-14-5-3-8-22(14)13(2)15(23)20-16-17-6-4-7-18-16/h4,6-7,9-10,13-14H,3,5,8,11H2,1-2H3,(H,17,18,20,23)/t13-,14-/m0/s1. The van der Waals surface area contributed by atoms with Gasteiger partial charge in [0.25, 0.3) is 0 Å². The summed E-state index contributed by atoms with van der Waals surface area (Å²) in [5, 5.41) is 7.14. The molecule has 0 radical (unpaired) electrons. The van der Waals surface area contributed by atoms with Crippen molar-refractivity contribution in [3.05, 3.63) is 36.4 Å². The quantitative estimate of drug-likeness (QED) is 0.904. The number of amides is 1. The van der Waals surface area contributed by atoms with Gasteiger partial charge in [-0.25, -0.2) is 9.97 Å². The number of aromatic nitrogens is 4. The Labute approximate surface area is 135 Å². The Kier molecular flexibility index (Phi) is 4.66. The van der Waals surface area contributed by atoms with Crippen LogP contribution in [0.3, 0.4) is 0 Å². The predicted octanol–water partition coefficient (Wildman–Crippen LogP) is 1.47. The molecule has 0 aromatic carbocycles. The van der Waals surface area contributed by atoms with E-state index in [-0.39, 0.29) is 11.9 Å².